The van der Waals surface area contributed by atoms with Crippen LogP contribution in [0.1, 0.15) is 48.0 Å². The molecule has 0 saturated carbocycles. The maximum absolute atomic E-state index is 11.9. The van der Waals surface area contributed by atoms with Crippen molar-refractivity contribution >= 4 is 12.2 Å². The van der Waals surface area contributed by atoms with E-state index in [1.807, 2.05) is 0 Å². The van der Waals surface area contributed by atoms with E-state index in [0.717, 1.165) is 4.90 Å². The third kappa shape index (κ3) is 11.0. The van der Waals surface area contributed by atoms with E-state index >= 15 is 0 Å². The molecular weight excluding hydrogens is 289 g/mol. The molecule has 0 aliphatic heterocycles. The molecule has 0 aromatic rings. The first-order valence-corrected chi connectivity index (χ1v) is 6.28. The number of rotatable bonds is 3. The van der Waals surface area contributed by atoms with Gasteiger partial charge in [-0.3, -0.25) is 0 Å². The molecule has 0 atom stereocenters. The Balaban J connectivity index is 0. The van der Waals surface area contributed by atoms with Gasteiger partial charge in [-0.2, -0.15) is 0 Å². The molecule has 0 rings (SSSR count). The molecule has 0 saturated heterocycles. The summed E-state index contributed by atoms with van der Waals surface area (Å²) in [6.45, 7) is 9.82. The van der Waals surface area contributed by atoms with Crippen LogP contribution in [-0.4, -0.2) is 41.4 Å². The maximum atomic E-state index is 11.9. The Labute approximate surface area is 163 Å². The molecular formula is C13H24KNO5. The molecule has 0 aliphatic carbocycles. The first-order valence-electron chi connectivity index (χ1n) is 6.28. The summed E-state index contributed by atoms with van der Waals surface area (Å²) in [6, 6.07) is 0. The number of nitrogens with zero attached hydrogens (tertiary/aromatic N) is 1. The van der Waals surface area contributed by atoms with Gasteiger partial charge >= 0.3 is 63.6 Å². The van der Waals surface area contributed by atoms with E-state index in [1.54, 1.807) is 41.5 Å². The number of hydrogen-bond donors (Lipinski definition) is 0. The molecule has 0 N–H and O–H groups in total. The Hall–Kier alpha value is 0.336. The molecule has 0 spiro atoms. The number of imide groups is 1. The molecule has 0 aromatic carbocycles. The minimum Gasteiger partial charge on any atom is -0.854 e. The zero-order valence-electron chi connectivity index (χ0n) is 13.6. The van der Waals surface area contributed by atoms with E-state index in [2.05, 4.69) is 0 Å². The van der Waals surface area contributed by atoms with Crippen molar-refractivity contribution < 1.29 is 75.6 Å². The fourth-order valence-corrected chi connectivity index (χ4v) is 1.11. The third-order valence-electron chi connectivity index (χ3n) is 1.75. The largest absolute Gasteiger partial charge is 1.00 e. The van der Waals surface area contributed by atoms with Crippen LogP contribution in [0.2, 0.25) is 0 Å². The summed E-state index contributed by atoms with van der Waals surface area (Å²) < 4.78 is 10.2. The van der Waals surface area contributed by atoms with Crippen LogP contribution in [0.4, 0.5) is 9.59 Å². The Morgan fingerprint density at radius 3 is 1.55 bits per heavy atom. The third-order valence-corrected chi connectivity index (χ3v) is 1.75. The van der Waals surface area contributed by atoms with E-state index in [-0.39, 0.29) is 71.0 Å². The van der Waals surface area contributed by atoms with E-state index in [4.69, 9.17) is 9.47 Å². The van der Waals surface area contributed by atoms with Crippen molar-refractivity contribution in [2.75, 3.05) is 13.2 Å². The zero-order valence-corrected chi connectivity index (χ0v) is 16.7. The van der Waals surface area contributed by atoms with E-state index in [9.17, 15) is 14.7 Å². The van der Waals surface area contributed by atoms with Crippen LogP contribution in [0, 0.1) is 0 Å². The minimum absolute atomic E-state index is 0. The summed E-state index contributed by atoms with van der Waals surface area (Å²) in [5.41, 5.74) is -1.43. The standard InChI is InChI=1S/C13H24NO5.K/c1-12(2,3)18-10(16)14(8-7-9-15)11(17)19-13(4,5)6;/h7-9H2,1-6H3;/q-1;+1. The van der Waals surface area contributed by atoms with Crippen LogP contribution in [-0.2, 0) is 9.47 Å². The van der Waals surface area contributed by atoms with Gasteiger partial charge in [-0.05, 0) is 41.5 Å². The van der Waals surface area contributed by atoms with Crippen molar-refractivity contribution in [2.24, 2.45) is 0 Å². The molecule has 0 aromatic heterocycles. The second-order valence-electron chi connectivity index (χ2n) is 6.17. The van der Waals surface area contributed by atoms with Crippen LogP contribution in [0.5, 0.6) is 0 Å². The normalized spacial score (nSPS) is 11.3. The van der Waals surface area contributed by atoms with Gasteiger partial charge in [0.25, 0.3) is 0 Å². The van der Waals surface area contributed by atoms with Gasteiger partial charge in [0, 0.05) is 6.54 Å². The van der Waals surface area contributed by atoms with Crippen molar-refractivity contribution in [3.63, 3.8) is 0 Å². The predicted octanol–water partition coefficient (Wildman–Crippen LogP) is -1.09. The van der Waals surface area contributed by atoms with Crippen LogP contribution >= 0.6 is 0 Å². The van der Waals surface area contributed by atoms with Gasteiger partial charge in [0.05, 0.1) is 0 Å². The molecule has 0 aliphatic rings. The average molecular weight is 313 g/mol. The molecule has 0 heterocycles. The van der Waals surface area contributed by atoms with E-state index in [1.165, 1.54) is 0 Å². The molecule has 7 heteroatoms. The summed E-state index contributed by atoms with van der Waals surface area (Å²) in [4.78, 5) is 24.6. The molecule has 0 radical (unpaired) electrons. The molecule has 0 bridgehead atoms. The molecule has 2 amide bonds. The fourth-order valence-electron chi connectivity index (χ4n) is 1.11. The second-order valence-corrected chi connectivity index (χ2v) is 6.17. The number of ether oxygens (including phenoxy) is 2. The van der Waals surface area contributed by atoms with Crippen molar-refractivity contribution in [3.05, 3.63) is 0 Å². The summed E-state index contributed by atoms with van der Waals surface area (Å²) in [6.07, 6.45) is -1.43. The van der Waals surface area contributed by atoms with E-state index < -0.39 is 23.4 Å². The summed E-state index contributed by atoms with van der Waals surface area (Å²) in [7, 11) is 0. The SMILES string of the molecule is CC(C)(C)OC(=O)N(CCC[O-])C(=O)OC(C)(C)C.[K+]. The van der Waals surface area contributed by atoms with Gasteiger partial charge in [-0.15, -0.1) is 6.61 Å². The molecule has 6 nitrogen and oxygen atoms in total. The number of hydrogen-bond acceptors (Lipinski definition) is 5. The zero-order chi connectivity index (χ0) is 15.3. The van der Waals surface area contributed by atoms with Crippen molar-refractivity contribution in [2.45, 2.75) is 59.2 Å². The predicted molar refractivity (Wildman–Crippen MR) is 68.7 cm³/mol. The first kappa shape index (κ1) is 22.6. The van der Waals surface area contributed by atoms with Crippen LogP contribution in [0.3, 0.4) is 0 Å². The molecule has 0 unspecified atom stereocenters. The van der Waals surface area contributed by atoms with Crippen LogP contribution < -0.4 is 56.5 Å². The number of amides is 2. The summed E-state index contributed by atoms with van der Waals surface area (Å²) in [5.74, 6) is 0. The molecule has 20 heavy (non-hydrogen) atoms. The first-order chi connectivity index (χ1) is 8.46. The average Bonchev–Trinajstić information content (AvgIpc) is 2.12. The Morgan fingerprint density at radius 2 is 1.30 bits per heavy atom. The Kier molecular flexibility index (Phi) is 10.6. The number of carbonyl (C=O) groups excluding carboxylic acids is 2. The Bertz CT molecular complexity index is 292. The topological polar surface area (TPSA) is 78.9 Å². The van der Waals surface area contributed by atoms with Gasteiger partial charge in [-0.25, -0.2) is 14.5 Å². The van der Waals surface area contributed by atoms with Crippen molar-refractivity contribution in [1.29, 1.82) is 0 Å². The van der Waals surface area contributed by atoms with Crippen molar-refractivity contribution in [3.8, 4) is 0 Å². The van der Waals surface area contributed by atoms with E-state index in [0.29, 0.717) is 0 Å². The molecule has 112 valence electrons. The minimum atomic E-state index is -0.796. The van der Waals surface area contributed by atoms with Gasteiger partial charge in [-0.1, -0.05) is 6.42 Å². The quantitative estimate of drug-likeness (QED) is 0.619. The summed E-state index contributed by atoms with van der Waals surface area (Å²) in [5, 5.41) is 10.5. The maximum Gasteiger partial charge on any atom is 1.00 e. The van der Waals surface area contributed by atoms with Crippen molar-refractivity contribution in [1.82, 2.24) is 4.90 Å². The molecule has 0 fully saturated rings. The number of carbonyl (C=O) groups is 2. The van der Waals surface area contributed by atoms with Gasteiger partial charge in [0.2, 0.25) is 0 Å². The van der Waals surface area contributed by atoms with Gasteiger partial charge < -0.3 is 14.6 Å². The van der Waals surface area contributed by atoms with Gasteiger partial charge in [0.15, 0.2) is 0 Å². The van der Waals surface area contributed by atoms with Crippen LogP contribution in [0.15, 0.2) is 0 Å². The van der Waals surface area contributed by atoms with Crippen LogP contribution in [0.25, 0.3) is 0 Å². The smallest absolute Gasteiger partial charge is 0.854 e. The summed E-state index contributed by atoms with van der Waals surface area (Å²) >= 11 is 0. The Morgan fingerprint density at radius 1 is 0.950 bits per heavy atom. The second kappa shape index (κ2) is 9.37. The van der Waals surface area contributed by atoms with Gasteiger partial charge in [0.1, 0.15) is 11.2 Å². The monoisotopic (exact) mass is 313 g/mol. The fraction of sp³-hybridized carbons (Fsp3) is 0.846.